The number of hydrogen-bond donors (Lipinski definition) is 1. The zero-order valence-electron chi connectivity index (χ0n) is 16.1. The van der Waals surface area contributed by atoms with Crippen molar-refractivity contribution in [3.8, 4) is 0 Å². The first-order valence-corrected chi connectivity index (χ1v) is 11.8. The van der Waals surface area contributed by atoms with E-state index in [1.165, 1.54) is 18.2 Å². The molecule has 0 spiro atoms. The second kappa shape index (κ2) is 9.47. The van der Waals surface area contributed by atoms with E-state index in [-0.39, 0.29) is 27.3 Å². The van der Waals surface area contributed by atoms with E-state index in [4.69, 9.17) is 23.2 Å². The minimum absolute atomic E-state index is 0.0552. The summed E-state index contributed by atoms with van der Waals surface area (Å²) in [5.41, 5.74) is 0.871. The van der Waals surface area contributed by atoms with Crippen LogP contribution in [0.15, 0.2) is 53.4 Å². The fourth-order valence-electron chi connectivity index (χ4n) is 3.41. The molecule has 5 nitrogen and oxygen atoms in total. The number of sulfonamides is 1. The maximum atomic E-state index is 13.2. The smallest absolute Gasteiger partial charge is 0.242 e. The van der Waals surface area contributed by atoms with Crippen molar-refractivity contribution in [2.45, 2.75) is 37.1 Å². The normalized spacial score (nSPS) is 16.6. The number of piperidine rings is 1. The molecule has 0 radical (unpaired) electrons. The molecule has 2 aromatic rings. The minimum atomic E-state index is -4.04. The third kappa shape index (κ3) is 5.72. The van der Waals surface area contributed by atoms with Crippen LogP contribution in [0.5, 0.6) is 0 Å². The molecule has 1 amide bonds. The van der Waals surface area contributed by atoms with E-state index in [1.807, 2.05) is 30.3 Å². The van der Waals surface area contributed by atoms with Crippen LogP contribution in [0.1, 0.15) is 25.3 Å². The number of nitrogens with one attached hydrogen (secondary N) is 1. The highest BCUT2D eigenvalue weighted by Gasteiger charge is 2.32. The second-order valence-electron chi connectivity index (χ2n) is 7.45. The topological polar surface area (TPSA) is 66.5 Å². The first-order chi connectivity index (χ1) is 13.8. The molecule has 156 valence electrons. The van der Waals surface area contributed by atoms with Gasteiger partial charge in [0.05, 0.1) is 5.02 Å². The fraction of sp³-hybridized carbons (Fsp3) is 0.381. The van der Waals surface area contributed by atoms with Crippen molar-refractivity contribution in [3.63, 3.8) is 0 Å². The number of likely N-dealkylation sites (tertiary alicyclic amines) is 1. The van der Waals surface area contributed by atoms with Crippen LogP contribution >= 0.6 is 23.2 Å². The highest BCUT2D eigenvalue weighted by Crippen LogP contribution is 2.26. The standard InChI is InChI=1S/C21H24Cl2N2O3S/c1-15-9-11-25(12-10-15)21(26)19(13-16-5-3-2-4-6-16)24-29(27,28)20-14-17(22)7-8-18(20)23/h2-8,14-15,19,24H,9-13H2,1H3/t19-/m0/s1. The molecule has 8 heteroatoms. The van der Waals surface area contributed by atoms with Gasteiger partial charge in [-0.3, -0.25) is 4.79 Å². The highest BCUT2D eigenvalue weighted by atomic mass is 35.5. The molecule has 1 N–H and O–H groups in total. The van der Waals surface area contributed by atoms with Gasteiger partial charge in [-0.25, -0.2) is 8.42 Å². The summed E-state index contributed by atoms with van der Waals surface area (Å²) in [4.78, 5) is 14.8. The Morgan fingerprint density at radius 3 is 2.45 bits per heavy atom. The second-order valence-corrected chi connectivity index (χ2v) is 9.97. The van der Waals surface area contributed by atoms with E-state index in [0.29, 0.717) is 19.0 Å². The van der Waals surface area contributed by atoms with Crippen molar-refractivity contribution >= 4 is 39.1 Å². The summed E-state index contributed by atoms with van der Waals surface area (Å²) in [6.45, 7) is 3.42. The number of hydrogen-bond acceptors (Lipinski definition) is 3. The molecule has 3 rings (SSSR count). The molecule has 0 bridgehead atoms. The van der Waals surface area contributed by atoms with Gasteiger partial charge in [-0.05, 0) is 48.9 Å². The molecule has 1 atom stereocenters. The predicted molar refractivity (Wildman–Crippen MR) is 116 cm³/mol. The molecular formula is C21H24Cl2N2O3S. The van der Waals surface area contributed by atoms with Crippen molar-refractivity contribution < 1.29 is 13.2 Å². The third-order valence-corrected chi connectivity index (χ3v) is 7.34. The first-order valence-electron chi connectivity index (χ1n) is 9.56. The molecule has 0 aromatic heterocycles. The maximum Gasteiger partial charge on any atom is 0.242 e. The van der Waals surface area contributed by atoms with E-state index in [1.54, 1.807) is 4.90 Å². The van der Waals surface area contributed by atoms with Crippen LogP contribution in [-0.2, 0) is 21.2 Å². The van der Waals surface area contributed by atoms with Gasteiger partial charge in [-0.15, -0.1) is 0 Å². The van der Waals surface area contributed by atoms with Gasteiger partial charge in [0, 0.05) is 18.1 Å². The van der Waals surface area contributed by atoms with Gasteiger partial charge in [-0.1, -0.05) is 60.5 Å². The van der Waals surface area contributed by atoms with Crippen LogP contribution < -0.4 is 4.72 Å². The Morgan fingerprint density at radius 1 is 1.14 bits per heavy atom. The Morgan fingerprint density at radius 2 is 1.79 bits per heavy atom. The number of benzene rings is 2. The van der Waals surface area contributed by atoms with Gasteiger partial charge in [-0.2, -0.15) is 4.72 Å². The number of carbonyl (C=O) groups is 1. The lowest BCUT2D eigenvalue weighted by Gasteiger charge is -2.33. The summed E-state index contributed by atoms with van der Waals surface area (Å²) in [6, 6.07) is 12.7. The van der Waals surface area contributed by atoms with E-state index in [0.717, 1.165) is 18.4 Å². The monoisotopic (exact) mass is 454 g/mol. The Bertz CT molecular complexity index is 959. The van der Waals surface area contributed by atoms with E-state index in [9.17, 15) is 13.2 Å². The van der Waals surface area contributed by atoms with E-state index >= 15 is 0 Å². The van der Waals surface area contributed by atoms with Crippen molar-refractivity contribution in [1.82, 2.24) is 9.62 Å². The quantitative estimate of drug-likeness (QED) is 0.712. The minimum Gasteiger partial charge on any atom is -0.341 e. The van der Waals surface area contributed by atoms with Gasteiger partial charge in [0.2, 0.25) is 15.9 Å². The Hall–Kier alpha value is -1.60. The molecule has 2 aromatic carbocycles. The molecule has 0 unspecified atom stereocenters. The summed E-state index contributed by atoms with van der Waals surface area (Å²) in [5.74, 6) is 0.344. The summed E-state index contributed by atoms with van der Waals surface area (Å²) < 4.78 is 28.6. The van der Waals surface area contributed by atoms with Crippen molar-refractivity contribution in [2.24, 2.45) is 5.92 Å². The average Bonchev–Trinajstić information content (AvgIpc) is 2.70. The third-order valence-electron chi connectivity index (χ3n) is 5.16. The predicted octanol–water partition coefficient (Wildman–Crippen LogP) is 4.14. The molecule has 0 saturated carbocycles. The molecule has 1 aliphatic heterocycles. The van der Waals surface area contributed by atoms with Crippen molar-refractivity contribution in [3.05, 3.63) is 64.1 Å². The van der Waals surface area contributed by atoms with E-state index < -0.39 is 16.1 Å². The molecule has 1 fully saturated rings. The first kappa shape index (κ1) is 22.1. The molecule has 1 heterocycles. The molecule has 1 saturated heterocycles. The Balaban J connectivity index is 1.88. The Labute approximate surface area is 182 Å². The Kier molecular flexibility index (Phi) is 7.22. The molecular weight excluding hydrogens is 431 g/mol. The summed E-state index contributed by atoms with van der Waals surface area (Å²) >= 11 is 12.1. The van der Waals surface area contributed by atoms with Crippen molar-refractivity contribution in [1.29, 1.82) is 0 Å². The zero-order chi connectivity index (χ0) is 21.0. The molecule has 29 heavy (non-hydrogen) atoms. The van der Waals surface area contributed by atoms with Gasteiger partial charge in [0.1, 0.15) is 10.9 Å². The summed E-state index contributed by atoms with van der Waals surface area (Å²) in [5, 5.41) is 0.310. The lowest BCUT2D eigenvalue weighted by Crippen LogP contribution is -2.51. The van der Waals surface area contributed by atoms with Gasteiger partial charge in [0.15, 0.2) is 0 Å². The van der Waals surface area contributed by atoms with Crippen LogP contribution in [-0.4, -0.2) is 38.4 Å². The van der Waals surface area contributed by atoms with Crippen LogP contribution in [0.3, 0.4) is 0 Å². The van der Waals surface area contributed by atoms with Crippen LogP contribution in [0.25, 0.3) is 0 Å². The zero-order valence-corrected chi connectivity index (χ0v) is 18.5. The summed E-state index contributed by atoms with van der Waals surface area (Å²) in [6.07, 6.45) is 2.08. The SMILES string of the molecule is CC1CCN(C(=O)[C@H](Cc2ccccc2)NS(=O)(=O)c2cc(Cl)ccc2Cl)CC1. The number of amides is 1. The molecule has 0 aliphatic carbocycles. The number of rotatable bonds is 6. The summed E-state index contributed by atoms with van der Waals surface area (Å²) in [7, 11) is -4.04. The lowest BCUT2D eigenvalue weighted by atomic mass is 9.98. The van der Waals surface area contributed by atoms with E-state index in [2.05, 4.69) is 11.6 Å². The lowest BCUT2D eigenvalue weighted by molar-refractivity contribution is -0.134. The number of nitrogens with zero attached hydrogens (tertiary/aromatic N) is 1. The maximum absolute atomic E-state index is 13.2. The number of carbonyl (C=O) groups excluding carboxylic acids is 1. The van der Waals surface area contributed by atoms with Gasteiger partial charge in [0.25, 0.3) is 0 Å². The molecule has 1 aliphatic rings. The highest BCUT2D eigenvalue weighted by molar-refractivity contribution is 7.89. The average molecular weight is 455 g/mol. The van der Waals surface area contributed by atoms with Gasteiger partial charge < -0.3 is 4.90 Å². The fourth-order valence-corrected chi connectivity index (χ4v) is 5.36. The van der Waals surface area contributed by atoms with Crippen LogP contribution in [0.2, 0.25) is 10.0 Å². The van der Waals surface area contributed by atoms with Gasteiger partial charge >= 0.3 is 0 Å². The largest absolute Gasteiger partial charge is 0.341 e. The van der Waals surface area contributed by atoms with Crippen LogP contribution in [0, 0.1) is 5.92 Å². The van der Waals surface area contributed by atoms with Crippen molar-refractivity contribution in [2.75, 3.05) is 13.1 Å². The van der Waals surface area contributed by atoms with Crippen LogP contribution in [0.4, 0.5) is 0 Å². The number of halogens is 2.